The van der Waals surface area contributed by atoms with Gasteiger partial charge in [0.15, 0.2) is 0 Å². The van der Waals surface area contributed by atoms with Crippen molar-refractivity contribution in [2.24, 2.45) is 0 Å². The molecule has 1 atom stereocenters. The topological polar surface area (TPSA) is 49.4 Å². The van der Waals surface area contributed by atoms with E-state index < -0.39 is 21.9 Å². The molecule has 0 aliphatic carbocycles. The molecule has 0 aromatic heterocycles. The molecule has 3 rings (SSSR count). The maximum absolute atomic E-state index is 14.5. The van der Waals surface area contributed by atoms with Crippen molar-refractivity contribution >= 4 is 37.6 Å². The summed E-state index contributed by atoms with van der Waals surface area (Å²) in [6.45, 7) is 1.61. The Balaban J connectivity index is 1.89. The first-order chi connectivity index (χ1) is 12.4. The van der Waals surface area contributed by atoms with Crippen LogP contribution < -0.4 is 4.72 Å². The number of nitrogens with one attached hydrogen (secondary N) is 1. The SMILES string of the molecule is O=S(=O)(NC[C@@H](c1c(F)cccc1Cl)N1CCCC1)c1ccccc1Br. The van der Waals surface area contributed by atoms with E-state index in [9.17, 15) is 12.8 Å². The van der Waals surface area contributed by atoms with Crippen LogP contribution in [0.3, 0.4) is 0 Å². The summed E-state index contributed by atoms with van der Waals surface area (Å²) < 4.78 is 42.9. The Morgan fingerprint density at radius 1 is 1.15 bits per heavy atom. The smallest absolute Gasteiger partial charge is 0.241 e. The normalized spacial score (nSPS) is 16.7. The molecule has 0 saturated carbocycles. The maximum Gasteiger partial charge on any atom is 0.241 e. The summed E-state index contributed by atoms with van der Waals surface area (Å²) in [4.78, 5) is 2.23. The second-order valence-electron chi connectivity index (χ2n) is 6.18. The van der Waals surface area contributed by atoms with Crippen LogP contribution in [0.4, 0.5) is 4.39 Å². The van der Waals surface area contributed by atoms with Crippen LogP contribution in [0.2, 0.25) is 5.02 Å². The molecular weight excluding hydrogens is 443 g/mol. The van der Waals surface area contributed by atoms with Crippen LogP contribution in [0.25, 0.3) is 0 Å². The number of nitrogens with zero attached hydrogens (tertiary/aromatic N) is 1. The minimum absolute atomic E-state index is 0.0460. The van der Waals surface area contributed by atoms with E-state index in [1.807, 2.05) is 0 Å². The van der Waals surface area contributed by atoms with Gasteiger partial charge in [-0.15, -0.1) is 0 Å². The first-order valence-electron chi connectivity index (χ1n) is 8.32. The van der Waals surface area contributed by atoms with Gasteiger partial charge in [0, 0.05) is 21.6 Å². The first kappa shape index (κ1) is 19.8. The van der Waals surface area contributed by atoms with E-state index in [0.29, 0.717) is 15.1 Å². The number of rotatable bonds is 6. The van der Waals surface area contributed by atoms with E-state index in [1.165, 1.54) is 12.1 Å². The van der Waals surface area contributed by atoms with Crippen molar-refractivity contribution in [2.45, 2.75) is 23.8 Å². The lowest BCUT2D eigenvalue weighted by molar-refractivity contribution is 0.241. The van der Waals surface area contributed by atoms with Crippen LogP contribution in [-0.4, -0.2) is 33.0 Å². The minimum atomic E-state index is -3.74. The molecule has 8 heteroatoms. The van der Waals surface area contributed by atoms with Gasteiger partial charge in [-0.3, -0.25) is 4.90 Å². The van der Waals surface area contributed by atoms with Crippen molar-refractivity contribution in [3.05, 3.63) is 63.3 Å². The summed E-state index contributed by atoms with van der Waals surface area (Å²) in [5, 5.41) is 0.307. The zero-order chi connectivity index (χ0) is 18.7. The van der Waals surface area contributed by atoms with Crippen molar-refractivity contribution in [3.8, 4) is 0 Å². The monoisotopic (exact) mass is 460 g/mol. The van der Waals surface area contributed by atoms with E-state index in [-0.39, 0.29) is 11.4 Å². The summed E-state index contributed by atoms with van der Waals surface area (Å²) >= 11 is 9.51. The summed E-state index contributed by atoms with van der Waals surface area (Å²) in [5.41, 5.74) is 0.339. The average molecular weight is 462 g/mol. The van der Waals surface area contributed by atoms with Crippen LogP contribution in [0.1, 0.15) is 24.4 Å². The van der Waals surface area contributed by atoms with E-state index >= 15 is 0 Å². The second-order valence-corrected chi connectivity index (χ2v) is 9.17. The summed E-state index contributed by atoms with van der Waals surface area (Å²) in [6.07, 6.45) is 2.00. The van der Waals surface area contributed by atoms with Gasteiger partial charge in [0.25, 0.3) is 0 Å². The van der Waals surface area contributed by atoms with Gasteiger partial charge >= 0.3 is 0 Å². The third kappa shape index (κ3) is 4.28. The number of sulfonamides is 1. The Hall–Kier alpha value is -0.990. The fourth-order valence-electron chi connectivity index (χ4n) is 3.23. The predicted molar refractivity (Wildman–Crippen MR) is 104 cm³/mol. The van der Waals surface area contributed by atoms with Crippen molar-refractivity contribution < 1.29 is 12.8 Å². The van der Waals surface area contributed by atoms with Crippen molar-refractivity contribution in [1.82, 2.24) is 9.62 Å². The average Bonchev–Trinajstić information content (AvgIpc) is 3.12. The second kappa shape index (κ2) is 8.35. The first-order valence-corrected chi connectivity index (χ1v) is 11.0. The van der Waals surface area contributed by atoms with E-state index in [4.69, 9.17) is 11.6 Å². The molecule has 26 heavy (non-hydrogen) atoms. The molecule has 2 aromatic carbocycles. The van der Waals surface area contributed by atoms with E-state index in [0.717, 1.165) is 25.9 Å². The highest BCUT2D eigenvalue weighted by Crippen LogP contribution is 2.32. The Morgan fingerprint density at radius 2 is 1.85 bits per heavy atom. The number of likely N-dealkylation sites (tertiary alicyclic amines) is 1. The quantitative estimate of drug-likeness (QED) is 0.695. The van der Waals surface area contributed by atoms with Gasteiger partial charge in [0.2, 0.25) is 10.0 Å². The molecule has 140 valence electrons. The third-order valence-corrected chi connectivity index (χ3v) is 7.27. The highest BCUT2D eigenvalue weighted by molar-refractivity contribution is 9.10. The van der Waals surface area contributed by atoms with E-state index in [2.05, 4.69) is 25.6 Å². The van der Waals surface area contributed by atoms with Crippen LogP contribution in [-0.2, 0) is 10.0 Å². The van der Waals surface area contributed by atoms with Crippen LogP contribution in [0, 0.1) is 5.82 Å². The van der Waals surface area contributed by atoms with Gasteiger partial charge in [-0.25, -0.2) is 17.5 Å². The largest absolute Gasteiger partial charge is 0.295 e. The molecule has 1 aliphatic heterocycles. The van der Waals surface area contributed by atoms with Gasteiger partial charge in [0.1, 0.15) is 5.82 Å². The zero-order valence-corrected chi connectivity index (χ0v) is 17.1. The highest BCUT2D eigenvalue weighted by Gasteiger charge is 2.29. The lowest BCUT2D eigenvalue weighted by Gasteiger charge is -2.29. The summed E-state index contributed by atoms with van der Waals surface area (Å²) in [7, 11) is -3.74. The third-order valence-electron chi connectivity index (χ3n) is 4.51. The van der Waals surface area contributed by atoms with E-state index in [1.54, 1.807) is 30.3 Å². The van der Waals surface area contributed by atoms with Crippen LogP contribution >= 0.6 is 27.5 Å². The molecule has 2 aromatic rings. The Labute approximate surface area is 166 Å². The molecule has 1 N–H and O–H groups in total. The van der Waals surface area contributed by atoms with Gasteiger partial charge in [0.05, 0.1) is 10.9 Å². The number of hydrogen-bond donors (Lipinski definition) is 1. The van der Waals surface area contributed by atoms with Gasteiger partial charge in [-0.1, -0.05) is 29.8 Å². The Bertz CT molecular complexity index is 868. The molecular formula is C18H19BrClFN2O2S. The Kier molecular flexibility index (Phi) is 6.35. The number of halogens is 3. The zero-order valence-electron chi connectivity index (χ0n) is 14.0. The molecule has 1 aliphatic rings. The molecule has 0 bridgehead atoms. The van der Waals surface area contributed by atoms with Crippen LogP contribution in [0.5, 0.6) is 0 Å². The molecule has 0 unspecified atom stereocenters. The summed E-state index contributed by atoms with van der Waals surface area (Å²) in [5.74, 6) is -0.422. The molecule has 1 fully saturated rings. The lowest BCUT2D eigenvalue weighted by Crippen LogP contribution is -2.37. The Morgan fingerprint density at radius 3 is 2.50 bits per heavy atom. The number of benzene rings is 2. The number of hydrogen-bond acceptors (Lipinski definition) is 3. The standard InChI is InChI=1S/C18H19BrClFN2O2S/c19-13-6-1-2-9-17(13)26(24,25)22-12-16(23-10-3-4-11-23)18-14(20)7-5-8-15(18)21/h1-2,5-9,16,22H,3-4,10-12H2/t16-/m0/s1. The van der Waals surface area contributed by atoms with Gasteiger partial charge in [-0.2, -0.15) is 0 Å². The molecule has 4 nitrogen and oxygen atoms in total. The maximum atomic E-state index is 14.5. The van der Waals surface area contributed by atoms with Crippen molar-refractivity contribution in [2.75, 3.05) is 19.6 Å². The van der Waals surface area contributed by atoms with Crippen molar-refractivity contribution in [3.63, 3.8) is 0 Å². The van der Waals surface area contributed by atoms with Gasteiger partial charge < -0.3 is 0 Å². The summed E-state index contributed by atoms with van der Waals surface area (Å²) in [6, 6.07) is 10.7. The molecule has 0 spiro atoms. The van der Waals surface area contributed by atoms with Gasteiger partial charge in [-0.05, 0) is 66.1 Å². The predicted octanol–water partition coefficient (Wildman–Crippen LogP) is 4.36. The molecule has 1 heterocycles. The molecule has 0 radical (unpaired) electrons. The lowest BCUT2D eigenvalue weighted by atomic mass is 10.0. The minimum Gasteiger partial charge on any atom is -0.295 e. The fourth-order valence-corrected chi connectivity index (χ4v) is 5.55. The fraction of sp³-hybridized carbons (Fsp3) is 0.333. The molecule has 0 amide bonds. The molecule has 1 saturated heterocycles. The highest BCUT2D eigenvalue weighted by atomic mass is 79.9. The van der Waals surface area contributed by atoms with Crippen LogP contribution in [0.15, 0.2) is 51.8 Å². The van der Waals surface area contributed by atoms with Crippen molar-refractivity contribution in [1.29, 1.82) is 0 Å².